The molecule has 0 radical (unpaired) electrons. The molecule has 0 saturated heterocycles. The average Bonchev–Trinajstić information content (AvgIpc) is 2.40. The minimum Gasteiger partial charge on any atom is -0.456 e. The third kappa shape index (κ3) is 3.52. The van der Waals surface area contributed by atoms with Crippen molar-refractivity contribution in [2.75, 3.05) is 12.4 Å². The van der Waals surface area contributed by atoms with Crippen LogP contribution < -0.4 is 0 Å². The maximum Gasteiger partial charge on any atom is 0.344 e. The van der Waals surface area contributed by atoms with Crippen molar-refractivity contribution in [1.29, 1.82) is 0 Å². The molecule has 0 aromatic carbocycles. The molecular formula is C15H22O7S. The molecule has 4 rings (SSSR count). The number of carbonyl (C=O) groups excluding carboxylic acids is 2. The Kier molecular flexibility index (Phi) is 4.16. The molecule has 0 aliphatic heterocycles. The van der Waals surface area contributed by atoms with E-state index in [1.54, 1.807) is 0 Å². The van der Waals surface area contributed by atoms with Gasteiger partial charge in [-0.05, 0) is 62.7 Å². The molecule has 4 saturated carbocycles. The van der Waals surface area contributed by atoms with Crippen molar-refractivity contribution in [2.24, 2.45) is 23.7 Å². The van der Waals surface area contributed by atoms with Crippen molar-refractivity contribution in [3.8, 4) is 0 Å². The summed E-state index contributed by atoms with van der Waals surface area (Å²) in [5, 5.41) is 0. The summed E-state index contributed by atoms with van der Waals surface area (Å²) in [4.78, 5) is 23.2. The van der Waals surface area contributed by atoms with Gasteiger partial charge in [-0.1, -0.05) is 0 Å². The van der Waals surface area contributed by atoms with Crippen LogP contribution >= 0.6 is 0 Å². The van der Waals surface area contributed by atoms with Crippen molar-refractivity contribution in [1.82, 2.24) is 0 Å². The standard InChI is InChI=1S/C15H22O7S/c1-15(11-3-9-2-10(5-11)6-12(15)4-9)22-13(16)7-21-14(17)8-23(18,19)20/h9-12H,2-8H2,1H3,(H,18,19,20). The summed E-state index contributed by atoms with van der Waals surface area (Å²) in [5.41, 5.74) is -0.514. The molecule has 4 fully saturated rings. The highest BCUT2D eigenvalue weighted by Crippen LogP contribution is 2.59. The monoisotopic (exact) mass is 346 g/mol. The molecule has 7 nitrogen and oxygen atoms in total. The molecule has 0 heterocycles. The molecule has 0 amide bonds. The highest BCUT2D eigenvalue weighted by molar-refractivity contribution is 7.86. The van der Waals surface area contributed by atoms with Crippen molar-refractivity contribution < 1.29 is 32.0 Å². The molecule has 4 aliphatic rings. The third-order valence-corrected chi connectivity index (χ3v) is 6.34. The average molecular weight is 346 g/mol. The van der Waals surface area contributed by atoms with Gasteiger partial charge in [-0.2, -0.15) is 8.42 Å². The van der Waals surface area contributed by atoms with Gasteiger partial charge in [-0.3, -0.25) is 9.35 Å². The van der Waals surface area contributed by atoms with E-state index in [1.165, 1.54) is 6.42 Å². The first-order valence-electron chi connectivity index (χ1n) is 7.98. The molecule has 8 heteroatoms. The van der Waals surface area contributed by atoms with Crippen molar-refractivity contribution >= 4 is 22.1 Å². The van der Waals surface area contributed by atoms with Crippen LogP contribution in [-0.4, -0.2) is 42.9 Å². The van der Waals surface area contributed by atoms with E-state index in [-0.39, 0.29) is 0 Å². The zero-order valence-electron chi connectivity index (χ0n) is 13.1. The maximum atomic E-state index is 12.0. The largest absolute Gasteiger partial charge is 0.456 e. The van der Waals surface area contributed by atoms with Crippen LogP contribution in [0.2, 0.25) is 0 Å². The molecular weight excluding hydrogens is 324 g/mol. The van der Waals surface area contributed by atoms with Crippen molar-refractivity contribution in [2.45, 2.75) is 44.6 Å². The van der Waals surface area contributed by atoms with E-state index in [4.69, 9.17) is 9.29 Å². The second-order valence-corrected chi connectivity index (χ2v) is 8.80. The fraction of sp³-hybridized carbons (Fsp3) is 0.867. The van der Waals surface area contributed by atoms with E-state index in [0.717, 1.165) is 37.5 Å². The highest BCUT2D eigenvalue weighted by atomic mass is 32.2. The highest BCUT2D eigenvalue weighted by Gasteiger charge is 2.57. The Morgan fingerprint density at radius 3 is 2.04 bits per heavy atom. The van der Waals surface area contributed by atoms with E-state index in [2.05, 4.69) is 4.74 Å². The molecule has 23 heavy (non-hydrogen) atoms. The first kappa shape index (κ1) is 16.7. The maximum absolute atomic E-state index is 12.0. The van der Waals surface area contributed by atoms with Gasteiger partial charge >= 0.3 is 11.9 Å². The van der Waals surface area contributed by atoms with Gasteiger partial charge in [-0.25, -0.2) is 4.79 Å². The zero-order chi connectivity index (χ0) is 16.8. The molecule has 0 atom stereocenters. The SMILES string of the molecule is CC1(OC(=O)COC(=O)CS(=O)(=O)O)C2CC3CC(C2)CC1C3. The van der Waals surface area contributed by atoms with E-state index in [1.807, 2.05) is 6.92 Å². The van der Waals surface area contributed by atoms with Gasteiger partial charge in [0.05, 0.1) is 0 Å². The lowest BCUT2D eigenvalue weighted by atomic mass is 9.50. The number of carbonyl (C=O) groups is 2. The minimum absolute atomic E-state index is 0.358. The van der Waals surface area contributed by atoms with E-state index < -0.39 is 40.0 Å². The molecule has 1 N–H and O–H groups in total. The summed E-state index contributed by atoms with van der Waals surface area (Å²) in [7, 11) is -4.45. The fourth-order valence-corrected chi connectivity index (χ4v) is 5.27. The van der Waals surface area contributed by atoms with E-state index in [0.29, 0.717) is 11.8 Å². The molecule has 4 aliphatic carbocycles. The first-order chi connectivity index (χ1) is 10.7. The lowest BCUT2D eigenvalue weighted by molar-refractivity contribution is -0.207. The van der Waals surface area contributed by atoms with Crippen LogP contribution in [0.15, 0.2) is 0 Å². The smallest absolute Gasteiger partial charge is 0.344 e. The van der Waals surface area contributed by atoms with Gasteiger partial charge in [-0.15, -0.1) is 0 Å². The van der Waals surface area contributed by atoms with Gasteiger partial charge in [0.2, 0.25) is 0 Å². The summed E-state index contributed by atoms with van der Waals surface area (Å²) in [6.07, 6.45) is 5.63. The topological polar surface area (TPSA) is 107 Å². The summed E-state index contributed by atoms with van der Waals surface area (Å²) >= 11 is 0. The van der Waals surface area contributed by atoms with Crippen molar-refractivity contribution in [3.63, 3.8) is 0 Å². The van der Waals surface area contributed by atoms with E-state index >= 15 is 0 Å². The summed E-state index contributed by atoms with van der Waals surface area (Å²) in [6, 6.07) is 0. The molecule has 130 valence electrons. The Balaban J connectivity index is 1.54. The quantitative estimate of drug-likeness (QED) is 0.588. The van der Waals surface area contributed by atoms with Crippen LogP contribution in [0, 0.1) is 23.7 Å². The Morgan fingerprint density at radius 1 is 1.04 bits per heavy atom. The third-order valence-electron chi connectivity index (χ3n) is 5.74. The molecule has 0 unspecified atom stereocenters. The van der Waals surface area contributed by atoms with E-state index in [9.17, 15) is 18.0 Å². The molecule has 0 spiro atoms. The number of esters is 2. The minimum atomic E-state index is -4.45. The van der Waals surface area contributed by atoms with Gasteiger partial charge in [0.1, 0.15) is 5.60 Å². The number of hydrogen-bond donors (Lipinski definition) is 1. The lowest BCUT2D eigenvalue weighted by Crippen LogP contribution is -2.58. The molecule has 0 aromatic rings. The van der Waals surface area contributed by atoms with Crippen LogP contribution in [0.25, 0.3) is 0 Å². The summed E-state index contributed by atoms with van der Waals surface area (Å²) in [5.74, 6) is -0.781. The Bertz CT molecular complexity index is 581. The van der Waals surface area contributed by atoms with Crippen LogP contribution in [0.4, 0.5) is 0 Å². The van der Waals surface area contributed by atoms with Gasteiger partial charge in [0.15, 0.2) is 12.4 Å². The fourth-order valence-electron chi connectivity index (χ4n) is 4.89. The van der Waals surface area contributed by atoms with Crippen LogP contribution in [0.1, 0.15) is 39.0 Å². The Labute approximate surface area is 135 Å². The second-order valence-electron chi connectivity index (χ2n) is 7.35. The Hall–Kier alpha value is -1.15. The van der Waals surface area contributed by atoms with Crippen molar-refractivity contribution in [3.05, 3.63) is 0 Å². The van der Waals surface area contributed by atoms with Crippen LogP contribution in [-0.2, 0) is 29.2 Å². The Morgan fingerprint density at radius 2 is 1.57 bits per heavy atom. The number of rotatable bonds is 5. The summed E-state index contributed by atoms with van der Waals surface area (Å²) in [6.45, 7) is 1.34. The second kappa shape index (κ2) is 5.73. The molecule has 4 bridgehead atoms. The van der Waals surface area contributed by atoms with Gasteiger partial charge in [0.25, 0.3) is 10.1 Å². The van der Waals surface area contributed by atoms with Crippen LogP contribution in [0.5, 0.6) is 0 Å². The summed E-state index contributed by atoms with van der Waals surface area (Å²) < 4.78 is 39.9. The zero-order valence-corrected chi connectivity index (χ0v) is 13.9. The predicted octanol–water partition coefficient (Wildman–Crippen LogP) is 1.18. The number of ether oxygens (including phenoxy) is 2. The first-order valence-corrected chi connectivity index (χ1v) is 9.59. The number of hydrogen-bond acceptors (Lipinski definition) is 6. The predicted molar refractivity (Wildman–Crippen MR) is 78.9 cm³/mol. The van der Waals surface area contributed by atoms with Gasteiger partial charge in [0, 0.05) is 0 Å². The normalized spacial score (nSPS) is 38.3. The molecule has 0 aromatic heterocycles. The van der Waals surface area contributed by atoms with Crippen LogP contribution in [0.3, 0.4) is 0 Å². The lowest BCUT2D eigenvalue weighted by Gasteiger charge is -2.59. The van der Waals surface area contributed by atoms with Gasteiger partial charge < -0.3 is 9.47 Å².